The van der Waals surface area contributed by atoms with Crippen molar-refractivity contribution >= 4 is 11.6 Å². The summed E-state index contributed by atoms with van der Waals surface area (Å²) >= 11 is 6.08. The van der Waals surface area contributed by atoms with Crippen molar-refractivity contribution in [3.05, 3.63) is 34.6 Å². The van der Waals surface area contributed by atoms with E-state index in [-0.39, 0.29) is 18.0 Å². The molecule has 0 fully saturated rings. The largest absolute Gasteiger partial charge is 0.382 e. The predicted molar refractivity (Wildman–Crippen MR) is 78.3 cm³/mol. The van der Waals surface area contributed by atoms with Crippen molar-refractivity contribution in [2.45, 2.75) is 45.3 Å². The molecular formula is C15H23ClFNO. The van der Waals surface area contributed by atoms with Gasteiger partial charge in [-0.1, -0.05) is 24.6 Å². The van der Waals surface area contributed by atoms with Crippen molar-refractivity contribution < 1.29 is 9.13 Å². The Kier molecular flexibility index (Phi) is 7.36. The summed E-state index contributed by atoms with van der Waals surface area (Å²) in [6.45, 7) is 5.04. The van der Waals surface area contributed by atoms with Gasteiger partial charge in [0, 0.05) is 23.7 Å². The summed E-state index contributed by atoms with van der Waals surface area (Å²) in [6.07, 6.45) is 2.60. The van der Waals surface area contributed by atoms with Crippen LogP contribution in [0.25, 0.3) is 0 Å². The topological polar surface area (TPSA) is 21.3 Å². The lowest BCUT2D eigenvalue weighted by atomic mass is 10.00. The summed E-state index contributed by atoms with van der Waals surface area (Å²) in [4.78, 5) is 0. The zero-order valence-electron chi connectivity index (χ0n) is 11.9. The third-order valence-electron chi connectivity index (χ3n) is 3.21. The molecule has 108 valence electrons. The number of benzene rings is 1. The molecule has 1 aromatic carbocycles. The molecule has 0 bridgehead atoms. The molecule has 1 aromatic rings. The summed E-state index contributed by atoms with van der Waals surface area (Å²) in [6, 6.07) is 4.99. The highest BCUT2D eigenvalue weighted by Crippen LogP contribution is 2.21. The van der Waals surface area contributed by atoms with Gasteiger partial charge in [-0.25, -0.2) is 4.39 Å². The Morgan fingerprint density at radius 2 is 2.16 bits per heavy atom. The SMILES string of the molecule is CCCNC(Cc1c(F)cccc1Cl)CC(C)OC. The number of halogens is 2. The average molecular weight is 288 g/mol. The molecule has 19 heavy (non-hydrogen) atoms. The molecule has 0 heterocycles. The molecular weight excluding hydrogens is 265 g/mol. The second-order valence-electron chi connectivity index (χ2n) is 4.84. The molecule has 0 saturated heterocycles. The van der Waals surface area contributed by atoms with Gasteiger partial charge in [0.2, 0.25) is 0 Å². The lowest BCUT2D eigenvalue weighted by Gasteiger charge is -2.22. The molecule has 2 nitrogen and oxygen atoms in total. The summed E-state index contributed by atoms with van der Waals surface area (Å²) in [5.41, 5.74) is 0.584. The zero-order chi connectivity index (χ0) is 14.3. The number of hydrogen-bond acceptors (Lipinski definition) is 2. The first-order valence-electron chi connectivity index (χ1n) is 6.77. The Balaban J connectivity index is 2.75. The van der Waals surface area contributed by atoms with Crippen LogP contribution >= 0.6 is 11.6 Å². The maximum atomic E-state index is 13.8. The first-order chi connectivity index (χ1) is 9.08. The van der Waals surface area contributed by atoms with Crippen LogP contribution in [0.4, 0.5) is 4.39 Å². The van der Waals surface area contributed by atoms with Crippen LogP contribution in [0.3, 0.4) is 0 Å². The maximum absolute atomic E-state index is 13.8. The van der Waals surface area contributed by atoms with Gasteiger partial charge < -0.3 is 10.1 Å². The van der Waals surface area contributed by atoms with Gasteiger partial charge in [0.15, 0.2) is 0 Å². The molecule has 1 rings (SSSR count). The Hall–Kier alpha value is -0.640. The van der Waals surface area contributed by atoms with Gasteiger partial charge in [0.25, 0.3) is 0 Å². The number of hydrogen-bond donors (Lipinski definition) is 1. The highest BCUT2D eigenvalue weighted by Gasteiger charge is 2.17. The van der Waals surface area contributed by atoms with Gasteiger partial charge in [-0.3, -0.25) is 0 Å². The van der Waals surface area contributed by atoms with Gasteiger partial charge in [-0.15, -0.1) is 0 Å². The third kappa shape index (κ3) is 5.47. The van der Waals surface area contributed by atoms with Crippen LogP contribution in [0.5, 0.6) is 0 Å². The van der Waals surface area contributed by atoms with E-state index in [0.29, 0.717) is 17.0 Å². The quantitative estimate of drug-likeness (QED) is 0.785. The Morgan fingerprint density at radius 3 is 2.74 bits per heavy atom. The van der Waals surface area contributed by atoms with E-state index in [0.717, 1.165) is 19.4 Å². The minimum absolute atomic E-state index is 0.139. The van der Waals surface area contributed by atoms with Crippen LogP contribution in [0.15, 0.2) is 18.2 Å². The van der Waals surface area contributed by atoms with Crippen molar-refractivity contribution in [1.29, 1.82) is 0 Å². The van der Waals surface area contributed by atoms with Gasteiger partial charge in [0.1, 0.15) is 5.82 Å². The normalized spacial score (nSPS) is 14.4. The lowest BCUT2D eigenvalue weighted by molar-refractivity contribution is 0.100. The van der Waals surface area contributed by atoms with Crippen molar-refractivity contribution in [3.8, 4) is 0 Å². The fourth-order valence-electron chi connectivity index (χ4n) is 2.06. The highest BCUT2D eigenvalue weighted by atomic mass is 35.5. The van der Waals surface area contributed by atoms with Gasteiger partial charge in [-0.2, -0.15) is 0 Å². The Morgan fingerprint density at radius 1 is 1.42 bits per heavy atom. The third-order valence-corrected chi connectivity index (χ3v) is 3.57. The van der Waals surface area contributed by atoms with Gasteiger partial charge in [-0.05, 0) is 44.9 Å². The summed E-state index contributed by atoms with van der Waals surface area (Å²) in [7, 11) is 1.69. The maximum Gasteiger partial charge on any atom is 0.127 e. The molecule has 0 aliphatic heterocycles. The standard InChI is InChI=1S/C15H23ClFNO/c1-4-8-18-12(9-11(2)19-3)10-13-14(16)6-5-7-15(13)17/h5-7,11-12,18H,4,8-10H2,1-3H3. The smallest absolute Gasteiger partial charge is 0.127 e. The molecule has 4 heteroatoms. The number of ether oxygens (including phenoxy) is 1. The van der Waals surface area contributed by atoms with Gasteiger partial charge in [0.05, 0.1) is 6.10 Å². The number of rotatable bonds is 8. The van der Waals surface area contributed by atoms with E-state index >= 15 is 0 Å². The Bertz CT molecular complexity index is 366. The average Bonchev–Trinajstić information content (AvgIpc) is 2.39. The molecule has 0 saturated carbocycles. The van der Waals surface area contributed by atoms with Crippen LogP contribution in [-0.4, -0.2) is 25.8 Å². The lowest BCUT2D eigenvalue weighted by Crippen LogP contribution is -2.35. The van der Waals surface area contributed by atoms with Crippen LogP contribution in [0.2, 0.25) is 5.02 Å². The van der Waals surface area contributed by atoms with Crippen LogP contribution in [0.1, 0.15) is 32.3 Å². The summed E-state index contributed by atoms with van der Waals surface area (Å²) in [5.74, 6) is -0.235. The fourth-order valence-corrected chi connectivity index (χ4v) is 2.30. The van der Waals surface area contributed by atoms with E-state index in [1.807, 2.05) is 6.92 Å². The van der Waals surface area contributed by atoms with Crippen LogP contribution < -0.4 is 5.32 Å². The predicted octanol–water partition coefficient (Wildman–Crippen LogP) is 3.81. The molecule has 0 aromatic heterocycles. The van der Waals surface area contributed by atoms with Crippen LogP contribution in [-0.2, 0) is 11.2 Å². The van der Waals surface area contributed by atoms with E-state index in [2.05, 4.69) is 12.2 Å². The van der Waals surface area contributed by atoms with Crippen molar-refractivity contribution in [3.63, 3.8) is 0 Å². The monoisotopic (exact) mass is 287 g/mol. The first-order valence-corrected chi connectivity index (χ1v) is 7.15. The molecule has 0 amide bonds. The second-order valence-corrected chi connectivity index (χ2v) is 5.24. The molecule has 0 radical (unpaired) electrons. The van der Waals surface area contributed by atoms with Crippen molar-refractivity contribution in [2.75, 3.05) is 13.7 Å². The van der Waals surface area contributed by atoms with Crippen molar-refractivity contribution in [1.82, 2.24) is 5.32 Å². The fraction of sp³-hybridized carbons (Fsp3) is 0.600. The van der Waals surface area contributed by atoms with E-state index in [9.17, 15) is 4.39 Å². The number of nitrogens with one attached hydrogen (secondary N) is 1. The van der Waals surface area contributed by atoms with E-state index in [1.54, 1.807) is 19.2 Å². The summed E-state index contributed by atoms with van der Waals surface area (Å²) in [5, 5.41) is 3.93. The second kappa shape index (κ2) is 8.51. The zero-order valence-corrected chi connectivity index (χ0v) is 12.6. The minimum Gasteiger partial charge on any atom is -0.382 e. The summed E-state index contributed by atoms with van der Waals surface area (Å²) < 4.78 is 19.1. The van der Waals surface area contributed by atoms with E-state index in [4.69, 9.17) is 16.3 Å². The van der Waals surface area contributed by atoms with Gasteiger partial charge >= 0.3 is 0 Å². The molecule has 0 spiro atoms. The van der Waals surface area contributed by atoms with E-state index in [1.165, 1.54) is 6.07 Å². The van der Waals surface area contributed by atoms with Crippen molar-refractivity contribution in [2.24, 2.45) is 0 Å². The molecule has 1 N–H and O–H groups in total. The van der Waals surface area contributed by atoms with E-state index < -0.39 is 0 Å². The molecule has 0 aliphatic carbocycles. The Labute approximate surface area is 120 Å². The number of methoxy groups -OCH3 is 1. The molecule has 2 atom stereocenters. The molecule has 0 aliphatic rings. The molecule has 2 unspecified atom stereocenters. The van der Waals surface area contributed by atoms with Crippen LogP contribution in [0, 0.1) is 5.82 Å². The highest BCUT2D eigenvalue weighted by molar-refractivity contribution is 6.31. The first kappa shape index (κ1) is 16.4. The minimum atomic E-state index is -0.235.